The SMILES string of the molecule is CCN(CC)S(=O)(=O)N1CCC(c2ccc(O)cc2)CC1. The minimum atomic E-state index is -3.31. The summed E-state index contributed by atoms with van der Waals surface area (Å²) in [5.74, 6) is 0.633. The molecule has 118 valence electrons. The zero-order valence-corrected chi connectivity index (χ0v) is 13.5. The summed E-state index contributed by atoms with van der Waals surface area (Å²) in [7, 11) is -3.31. The van der Waals surface area contributed by atoms with Gasteiger partial charge in [-0.3, -0.25) is 0 Å². The van der Waals surface area contributed by atoms with Gasteiger partial charge in [-0.15, -0.1) is 0 Å². The van der Waals surface area contributed by atoms with E-state index in [0.717, 1.165) is 12.8 Å². The molecule has 2 rings (SSSR count). The molecule has 0 spiro atoms. The molecule has 1 aliphatic heterocycles. The molecule has 1 fully saturated rings. The van der Waals surface area contributed by atoms with Crippen molar-refractivity contribution in [2.75, 3.05) is 26.2 Å². The van der Waals surface area contributed by atoms with Crippen LogP contribution in [0.15, 0.2) is 24.3 Å². The van der Waals surface area contributed by atoms with Gasteiger partial charge in [0.1, 0.15) is 5.75 Å². The maximum absolute atomic E-state index is 12.5. The summed E-state index contributed by atoms with van der Waals surface area (Å²) in [4.78, 5) is 0. The summed E-state index contributed by atoms with van der Waals surface area (Å²) in [5.41, 5.74) is 1.17. The van der Waals surface area contributed by atoms with E-state index in [0.29, 0.717) is 32.1 Å². The van der Waals surface area contributed by atoms with Crippen molar-refractivity contribution in [1.29, 1.82) is 0 Å². The molecule has 1 aromatic rings. The fourth-order valence-electron chi connectivity index (χ4n) is 2.88. The van der Waals surface area contributed by atoms with Gasteiger partial charge < -0.3 is 5.11 Å². The van der Waals surface area contributed by atoms with Crippen LogP contribution in [0.1, 0.15) is 38.2 Å². The van der Waals surface area contributed by atoms with Crippen molar-refractivity contribution >= 4 is 10.2 Å². The Morgan fingerprint density at radius 2 is 1.67 bits per heavy atom. The zero-order chi connectivity index (χ0) is 15.5. The lowest BCUT2D eigenvalue weighted by atomic mass is 9.90. The van der Waals surface area contributed by atoms with Crippen LogP contribution in [0.3, 0.4) is 0 Å². The third kappa shape index (κ3) is 3.56. The van der Waals surface area contributed by atoms with E-state index in [1.54, 1.807) is 16.4 Å². The molecule has 1 heterocycles. The first-order valence-electron chi connectivity index (χ1n) is 7.53. The summed E-state index contributed by atoms with van der Waals surface area (Å²) in [5, 5.41) is 9.33. The van der Waals surface area contributed by atoms with Crippen molar-refractivity contribution in [1.82, 2.24) is 8.61 Å². The molecule has 6 heteroatoms. The number of rotatable bonds is 5. The van der Waals surface area contributed by atoms with Gasteiger partial charge in [-0.05, 0) is 36.5 Å². The second-order valence-electron chi connectivity index (χ2n) is 5.36. The number of benzene rings is 1. The smallest absolute Gasteiger partial charge is 0.281 e. The van der Waals surface area contributed by atoms with Crippen molar-refractivity contribution < 1.29 is 13.5 Å². The molecular formula is C15H24N2O3S. The molecular weight excluding hydrogens is 288 g/mol. The molecule has 0 atom stereocenters. The van der Waals surface area contributed by atoms with Crippen molar-refractivity contribution in [3.05, 3.63) is 29.8 Å². The second kappa shape index (κ2) is 6.77. The van der Waals surface area contributed by atoms with Crippen LogP contribution in [0.2, 0.25) is 0 Å². The van der Waals surface area contributed by atoms with E-state index in [-0.39, 0.29) is 5.75 Å². The standard InChI is InChI=1S/C15H24N2O3S/c1-3-16(4-2)21(19,20)17-11-9-14(10-12-17)13-5-7-15(18)8-6-13/h5-8,14,18H,3-4,9-12H2,1-2H3. The number of hydrogen-bond donors (Lipinski definition) is 1. The normalized spacial score (nSPS) is 18.2. The summed E-state index contributed by atoms with van der Waals surface area (Å²) in [6, 6.07) is 7.23. The van der Waals surface area contributed by atoms with Crippen molar-refractivity contribution in [2.24, 2.45) is 0 Å². The topological polar surface area (TPSA) is 60.9 Å². The van der Waals surface area contributed by atoms with Gasteiger partial charge in [0.2, 0.25) is 0 Å². The lowest BCUT2D eigenvalue weighted by Gasteiger charge is -2.34. The molecule has 1 aliphatic rings. The van der Waals surface area contributed by atoms with Crippen molar-refractivity contribution in [3.63, 3.8) is 0 Å². The van der Waals surface area contributed by atoms with Gasteiger partial charge >= 0.3 is 0 Å². The van der Waals surface area contributed by atoms with Gasteiger partial charge in [-0.2, -0.15) is 17.0 Å². The van der Waals surface area contributed by atoms with E-state index in [4.69, 9.17) is 0 Å². The van der Waals surface area contributed by atoms with Gasteiger partial charge in [0.15, 0.2) is 0 Å². The van der Waals surface area contributed by atoms with Crippen LogP contribution in [-0.4, -0.2) is 48.3 Å². The van der Waals surface area contributed by atoms with Gasteiger partial charge in [0, 0.05) is 26.2 Å². The molecule has 0 amide bonds. The number of aromatic hydroxyl groups is 1. The highest BCUT2D eigenvalue weighted by atomic mass is 32.2. The highest BCUT2D eigenvalue weighted by Gasteiger charge is 2.31. The number of hydrogen-bond acceptors (Lipinski definition) is 3. The predicted molar refractivity (Wildman–Crippen MR) is 83.5 cm³/mol. The summed E-state index contributed by atoms with van der Waals surface area (Å²) in [6.07, 6.45) is 1.65. The molecule has 0 bridgehead atoms. The van der Waals surface area contributed by atoms with Gasteiger partial charge in [0.25, 0.3) is 10.2 Å². The van der Waals surface area contributed by atoms with Crippen LogP contribution in [0, 0.1) is 0 Å². The number of phenolic OH excluding ortho intramolecular Hbond substituents is 1. The van der Waals surface area contributed by atoms with Crippen LogP contribution in [-0.2, 0) is 10.2 Å². The van der Waals surface area contributed by atoms with Gasteiger partial charge in [-0.1, -0.05) is 26.0 Å². The van der Waals surface area contributed by atoms with Crippen molar-refractivity contribution in [3.8, 4) is 5.75 Å². The molecule has 0 aliphatic carbocycles. The van der Waals surface area contributed by atoms with E-state index in [1.165, 1.54) is 9.87 Å². The van der Waals surface area contributed by atoms with Crippen molar-refractivity contribution in [2.45, 2.75) is 32.6 Å². The zero-order valence-electron chi connectivity index (χ0n) is 12.7. The Morgan fingerprint density at radius 1 is 1.14 bits per heavy atom. The van der Waals surface area contributed by atoms with Crippen LogP contribution in [0.4, 0.5) is 0 Å². The molecule has 21 heavy (non-hydrogen) atoms. The largest absolute Gasteiger partial charge is 0.508 e. The third-order valence-corrected chi connectivity index (χ3v) is 6.36. The third-order valence-electron chi connectivity index (χ3n) is 4.18. The maximum Gasteiger partial charge on any atom is 0.281 e. The number of phenols is 1. The molecule has 0 aromatic heterocycles. The quantitative estimate of drug-likeness (QED) is 0.906. The van der Waals surface area contributed by atoms with Crippen LogP contribution < -0.4 is 0 Å². The van der Waals surface area contributed by atoms with E-state index in [2.05, 4.69) is 0 Å². The lowest BCUT2D eigenvalue weighted by molar-refractivity contribution is 0.291. The van der Waals surface area contributed by atoms with Crippen LogP contribution in [0.25, 0.3) is 0 Å². The first-order chi connectivity index (χ1) is 9.98. The Hall–Kier alpha value is -1.11. The fourth-order valence-corrected chi connectivity index (χ4v) is 4.53. The summed E-state index contributed by atoms with van der Waals surface area (Å²) in [6.45, 7) is 5.87. The highest BCUT2D eigenvalue weighted by molar-refractivity contribution is 7.86. The molecule has 1 N–H and O–H groups in total. The van der Waals surface area contributed by atoms with Gasteiger partial charge in [0.05, 0.1) is 0 Å². The first-order valence-corrected chi connectivity index (χ1v) is 8.92. The molecule has 0 unspecified atom stereocenters. The number of nitrogens with zero attached hydrogens (tertiary/aromatic N) is 2. The molecule has 1 aromatic carbocycles. The van der Waals surface area contributed by atoms with Crippen LogP contribution >= 0.6 is 0 Å². The maximum atomic E-state index is 12.5. The van der Waals surface area contributed by atoms with E-state index in [1.807, 2.05) is 26.0 Å². The lowest BCUT2D eigenvalue weighted by Crippen LogP contribution is -2.46. The Bertz CT molecular complexity index is 545. The Labute approximate surface area is 127 Å². The highest BCUT2D eigenvalue weighted by Crippen LogP contribution is 2.30. The number of piperidine rings is 1. The summed E-state index contributed by atoms with van der Waals surface area (Å²) >= 11 is 0. The minimum Gasteiger partial charge on any atom is -0.508 e. The average molecular weight is 312 g/mol. The Morgan fingerprint density at radius 3 is 2.14 bits per heavy atom. The molecule has 0 radical (unpaired) electrons. The first kappa shape index (κ1) is 16.3. The van der Waals surface area contributed by atoms with Crippen LogP contribution in [0.5, 0.6) is 5.75 Å². The Balaban J connectivity index is 2.01. The fraction of sp³-hybridized carbons (Fsp3) is 0.600. The second-order valence-corrected chi connectivity index (χ2v) is 7.29. The molecule has 5 nitrogen and oxygen atoms in total. The summed E-state index contributed by atoms with van der Waals surface area (Å²) < 4.78 is 28.0. The minimum absolute atomic E-state index is 0.264. The molecule has 1 saturated heterocycles. The molecule has 0 saturated carbocycles. The monoisotopic (exact) mass is 312 g/mol. The predicted octanol–water partition coefficient (Wildman–Crippen LogP) is 2.16. The van der Waals surface area contributed by atoms with Gasteiger partial charge in [-0.25, -0.2) is 0 Å². The Kier molecular flexibility index (Phi) is 5.24. The van der Waals surface area contributed by atoms with E-state index < -0.39 is 10.2 Å². The van der Waals surface area contributed by atoms with E-state index >= 15 is 0 Å². The van der Waals surface area contributed by atoms with E-state index in [9.17, 15) is 13.5 Å². The average Bonchev–Trinajstić information content (AvgIpc) is 2.49.